The molecule has 302 valence electrons. The predicted molar refractivity (Wildman–Crippen MR) is 272 cm³/mol. The Morgan fingerprint density at radius 1 is 0.355 bits per heavy atom. The van der Waals surface area contributed by atoms with Gasteiger partial charge in [-0.05, 0) is 142 Å². The zero-order chi connectivity index (χ0) is 42.1. The fourth-order valence-corrected chi connectivity index (χ4v) is 13.4. The van der Waals surface area contributed by atoms with Gasteiger partial charge in [0, 0.05) is 32.9 Å². The van der Waals surface area contributed by atoms with Crippen LogP contribution in [0.1, 0.15) is 22.3 Å². The first kappa shape index (κ1) is 37.5. The summed E-state index contributed by atoms with van der Waals surface area (Å²) >= 11 is 0. The lowest BCUT2D eigenvalue weighted by Gasteiger charge is -2.31. The molecule has 12 rings (SSSR count). The van der Waals surface area contributed by atoms with Crippen LogP contribution in [0.3, 0.4) is 0 Å². The average molecular weight is 833 g/mol. The van der Waals surface area contributed by atoms with Gasteiger partial charge >= 0.3 is 0 Å². The molecule has 62 heavy (non-hydrogen) atoms. The van der Waals surface area contributed by atoms with E-state index < -0.39 is 16.1 Å². The maximum absolute atomic E-state index is 2.59. The third-order valence-electron chi connectivity index (χ3n) is 14.2. The molecule has 4 heteroatoms. The third kappa shape index (κ3) is 5.73. The van der Waals surface area contributed by atoms with E-state index in [0.717, 1.165) is 25.7 Å². The zero-order valence-corrected chi connectivity index (χ0v) is 38.7. The summed E-state index contributed by atoms with van der Waals surface area (Å²) in [7, 11) is -2.93. The number of aromatic nitrogens is 2. The van der Waals surface area contributed by atoms with Crippen molar-refractivity contribution in [1.82, 2.24) is 9.13 Å². The molecule has 2 aliphatic rings. The maximum Gasteiger partial charge on any atom is 0.0776 e. The molecule has 0 spiro atoms. The Morgan fingerprint density at radius 3 is 1.16 bits per heavy atom. The van der Waals surface area contributed by atoms with Crippen LogP contribution >= 0.6 is 0 Å². The number of nitrogens with zero attached hydrogens (tertiary/aromatic N) is 2. The van der Waals surface area contributed by atoms with E-state index in [1.807, 2.05) is 0 Å². The highest BCUT2D eigenvalue weighted by Gasteiger charge is 2.33. The lowest BCUT2D eigenvalue weighted by atomic mass is 9.74. The number of hydrogen-bond acceptors (Lipinski definition) is 0. The largest absolute Gasteiger partial charge is 0.309 e. The van der Waals surface area contributed by atoms with Gasteiger partial charge in [0.2, 0.25) is 0 Å². The number of para-hydroxylation sites is 2. The molecule has 2 nitrogen and oxygen atoms in total. The molecule has 0 bridgehead atoms. The minimum Gasteiger partial charge on any atom is -0.309 e. The second-order valence-electron chi connectivity index (χ2n) is 20.0. The van der Waals surface area contributed by atoms with E-state index in [0.29, 0.717) is 0 Å². The molecule has 2 aliphatic carbocycles. The van der Waals surface area contributed by atoms with Gasteiger partial charge in [-0.25, -0.2) is 0 Å². The van der Waals surface area contributed by atoms with Crippen molar-refractivity contribution < 1.29 is 0 Å². The highest BCUT2D eigenvalue weighted by atomic mass is 28.3. The van der Waals surface area contributed by atoms with E-state index in [1.54, 1.807) is 0 Å². The highest BCUT2D eigenvalue weighted by molar-refractivity contribution is 6.89. The summed E-state index contributed by atoms with van der Waals surface area (Å²) in [4.78, 5) is 0. The average Bonchev–Trinajstić information content (AvgIpc) is 3.80. The molecule has 0 radical (unpaired) electrons. The van der Waals surface area contributed by atoms with Gasteiger partial charge in [-0.2, -0.15) is 0 Å². The number of rotatable bonds is 6. The summed E-state index contributed by atoms with van der Waals surface area (Å²) in [6, 6.07) is 60.5. The molecule has 0 saturated carbocycles. The van der Waals surface area contributed by atoms with Crippen molar-refractivity contribution in [2.45, 2.75) is 65.0 Å². The van der Waals surface area contributed by atoms with Crippen LogP contribution in [0.5, 0.6) is 0 Å². The van der Waals surface area contributed by atoms with Crippen molar-refractivity contribution in [1.29, 1.82) is 0 Å². The van der Waals surface area contributed by atoms with Crippen LogP contribution in [0.4, 0.5) is 0 Å². The fourth-order valence-electron chi connectivity index (χ4n) is 11.0. The Balaban J connectivity index is 1.12. The van der Waals surface area contributed by atoms with Crippen molar-refractivity contribution >= 4 is 70.1 Å². The number of aryl methyl sites for hydroxylation is 4. The van der Waals surface area contributed by atoms with Crippen LogP contribution in [0.25, 0.3) is 88.4 Å². The molecular weight excluding hydrogens is 781 g/mol. The molecule has 0 aliphatic heterocycles. The Morgan fingerprint density at radius 2 is 0.758 bits per heavy atom. The van der Waals surface area contributed by atoms with E-state index in [-0.39, 0.29) is 0 Å². The first-order chi connectivity index (χ1) is 30.0. The molecule has 8 aromatic carbocycles. The van der Waals surface area contributed by atoms with Gasteiger partial charge in [0.15, 0.2) is 0 Å². The minimum atomic E-state index is -1.47. The first-order valence-corrected chi connectivity index (χ1v) is 29.6. The van der Waals surface area contributed by atoms with E-state index in [9.17, 15) is 0 Å². The Bertz CT molecular complexity index is 3230. The van der Waals surface area contributed by atoms with Gasteiger partial charge in [0.05, 0.1) is 38.2 Å². The summed E-state index contributed by atoms with van der Waals surface area (Å²) in [5.41, 5.74) is 22.0. The van der Waals surface area contributed by atoms with E-state index >= 15 is 0 Å². The second-order valence-corrected chi connectivity index (χ2v) is 30.2. The lowest BCUT2D eigenvalue weighted by Crippen LogP contribution is -2.37. The van der Waals surface area contributed by atoms with Gasteiger partial charge in [-0.15, -0.1) is 0 Å². The summed E-state index contributed by atoms with van der Waals surface area (Å²) in [5.74, 6) is 0. The quantitative estimate of drug-likeness (QED) is 0.148. The first-order valence-electron chi connectivity index (χ1n) is 22.6. The standard InChI is InChI=1S/C58H52N2Si2/c1-61(2,3)45-21-13-15-37(31-45)39-25-29-53-49(33-39)51-35-41-23-28-48-56-42(24-27-47(55(41)56)57(51)59(53)43-17-9-7-10-18-43)36-52-50-34-40(38-16-14-22-46(32-38)62(4,5)6)26-30-54(50)60(58(48)52)44-19-11-8-12-20-44/h7-22,25-26,29-36H,23-24,27-28H2,1-6H3. The lowest BCUT2D eigenvalue weighted by molar-refractivity contribution is 0.883. The number of benzene rings is 8. The smallest absolute Gasteiger partial charge is 0.0776 e. The fraction of sp³-hybridized carbons (Fsp3) is 0.172. The Kier molecular flexibility index (Phi) is 8.26. The summed E-state index contributed by atoms with van der Waals surface area (Å²) < 4.78 is 5.17. The van der Waals surface area contributed by atoms with Crippen molar-refractivity contribution in [2.24, 2.45) is 0 Å². The second kappa shape index (κ2) is 13.6. The number of hydrogen-bond donors (Lipinski definition) is 0. The Labute approximate surface area is 367 Å². The SMILES string of the molecule is C[Si](C)(C)c1cccc(-c2ccc3c(c2)c2cc4c5c(c2n3-c2ccccc2)CCc2cc3c6cc(-c7cccc([Si](C)(C)C)c7)ccc6n(-c6ccccc6)c3c(c2-5)CC4)c1. The maximum atomic E-state index is 2.59. The zero-order valence-electron chi connectivity index (χ0n) is 36.7. The van der Waals surface area contributed by atoms with Crippen LogP contribution in [0, 0.1) is 0 Å². The van der Waals surface area contributed by atoms with Crippen LogP contribution in [-0.4, -0.2) is 25.3 Å². The van der Waals surface area contributed by atoms with Gasteiger partial charge < -0.3 is 9.13 Å². The van der Waals surface area contributed by atoms with Gasteiger partial charge in [-0.1, -0.05) is 147 Å². The molecule has 2 heterocycles. The molecule has 0 amide bonds. The molecule has 0 unspecified atom stereocenters. The minimum absolute atomic E-state index is 1.03. The molecule has 0 fully saturated rings. The molecule has 0 atom stereocenters. The van der Waals surface area contributed by atoms with Gasteiger partial charge in [0.25, 0.3) is 0 Å². The third-order valence-corrected chi connectivity index (χ3v) is 18.2. The highest BCUT2D eigenvalue weighted by Crippen LogP contribution is 2.51. The Hall–Kier alpha value is -6.21. The van der Waals surface area contributed by atoms with Crippen LogP contribution in [0.15, 0.2) is 158 Å². The molecule has 0 saturated heterocycles. The van der Waals surface area contributed by atoms with Crippen molar-refractivity contribution in [3.05, 3.63) is 180 Å². The van der Waals surface area contributed by atoms with Gasteiger partial charge in [-0.3, -0.25) is 0 Å². The molecule has 10 aromatic rings. The summed E-state index contributed by atoms with van der Waals surface area (Å²) in [6.45, 7) is 14.7. The monoisotopic (exact) mass is 832 g/mol. The van der Waals surface area contributed by atoms with Crippen LogP contribution in [0.2, 0.25) is 39.3 Å². The van der Waals surface area contributed by atoms with E-state index in [4.69, 9.17) is 0 Å². The summed E-state index contributed by atoms with van der Waals surface area (Å²) in [5, 5.41) is 8.48. The predicted octanol–water partition coefficient (Wildman–Crippen LogP) is 14.2. The normalized spacial score (nSPS) is 13.7. The molecule has 2 aromatic heterocycles. The molecular formula is C58H52N2Si2. The number of fused-ring (bicyclic) bond motifs is 8. The molecule has 0 N–H and O–H groups in total. The van der Waals surface area contributed by atoms with Gasteiger partial charge in [0.1, 0.15) is 0 Å². The van der Waals surface area contributed by atoms with E-state index in [1.165, 1.54) is 121 Å². The van der Waals surface area contributed by atoms with Crippen LogP contribution in [-0.2, 0) is 25.7 Å². The van der Waals surface area contributed by atoms with E-state index in [2.05, 4.69) is 206 Å². The van der Waals surface area contributed by atoms with Crippen molar-refractivity contribution in [2.75, 3.05) is 0 Å². The summed E-state index contributed by atoms with van der Waals surface area (Å²) in [6.07, 6.45) is 4.12. The van der Waals surface area contributed by atoms with Crippen molar-refractivity contribution in [3.63, 3.8) is 0 Å². The van der Waals surface area contributed by atoms with Crippen molar-refractivity contribution in [3.8, 4) is 44.8 Å². The topological polar surface area (TPSA) is 9.86 Å². The van der Waals surface area contributed by atoms with Crippen LogP contribution < -0.4 is 10.4 Å².